The van der Waals surface area contributed by atoms with Gasteiger partial charge in [-0.2, -0.15) is 0 Å². The number of rotatable bonds is 4. The third-order valence-electron chi connectivity index (χ3n) is 6.99. The van der Waals surface area contributed by atoms with E-state index in [-0.39, 0.29) is 11.8 Å². The molecule has 0 bridgehead atoms. The number of hydrogen-bond donors (Lipinski definition) is 1. The second-order valence-electron chi connectivity index (χ2n) is 9.03. The lowest BCUT2D eigenvalue weighted by atomic mass is 9.81. The first kappa shape index (κ1) is 21.2. The number of nitrogens with one attached hydrogen (secondary N) is 1. The highest BCUT2D eigenvalue weighted by molar-refractivity contribution is 6.00. The predicted molar refractivity (Wildman–Crippen MR) is 126 cm³/mol. The van der Waals surface area contributed by atoms with Crippen molar-refractivity contribution in [2.24, 2.45) is 11.8 Å². The van der Waals surface area contributed by atoms with Gasteiger partial charge in [-0.3, -0.25) is 4.79 Å². The van der Waals surface area contributed by atoms with Gasteiger partial charge in [0.2, 0.25) is 5.91 Å². The summed E-state index contributed by atoms with van der Waals surface area (Å²) in [6.07, 6.45) is 5.75. The molecule has 1 aromatic carbocycles. The van der Waals surface area contributed by atoms with E-state index in [0.29, 0.717) is 12.5 Å². The highest BCUT2D eigenvalue weighted by Crippen LogP contribution is 2.40. The molecule has 1 saturated heterocycles. The molecule has 1 aromatic heterocycles. The normalized spacial score (nSPS) is 23.0. The Bertz CT molecular complexity index is 952. The smallest absolute Gasteiger partial charge is 0.230 e. The SMILES string of the molecule is COCC1CCC(C(=O)N2Cc3cccnc3Nc3ccc(N4CCOCC4)cc32)CC1. The van der Waals surface area contributed by atoms with Gasteiger partial charge in [-0.15, -0.1) is 0 Å². The van der Waals surface area contributed by atoms with Crippen molar-refractivity contribution in [3.63, 3.8) is 0 Å². The van der Waals surface area contributed by atoms with Gasteiger partial charge in [-0.25, -0.2) is 4.98 Å². The molecule has 1 aliphatic carbocycles. The Kier molecular flexibility index (Phi) is 6.28. The Morgan fingerprint density at radius 2 is 2.00 bits per heavy atom. The van der Waals surface area contributed by atoms with E-state index in [2.05, 4.69) is 39.5 Å². The molecule has 7 heteroatoms. The molecule has 1 amide bonds. The van der Waals surface area contributed by atoms with Gasteiger partial charge in [-0.1, -0.05) is 6.07 Å². The monoisotopic (exact) mass is 436 g/mol. The van der Waals surface area contributed by atoms with Gasteiger partial charge in [0.05, 0.1) is 31.1 Å². The lowest BCUT2D eigenvalue weighted by Crippen LogP contribution is -2.38. The fourth-order valence-electron chi connectivity index (χ4n) is 5.16. The third-order valence-corrected chi connectivity index (χ3v) is 6.99. The van der Waals surface area contributed by atoms with Crippen molar-refractivity contribution in [2.75, 3.05) is 55.1 Å². The van der Waals surface area contributed by atoms with Crippen molar-refractivity contribution in [3.8, 4) is 0 Å². The van der Waals surface area contributed by atoms with E-state index in [1.54, 1.807) is 13.3 Å². The zero-order valence-corrected chi connectivity index (χ0v) is 18.8. The fraction of sp³-hybridized carbons (Fsp3) is 0.520. The number of anilines is 4. The summed E-state index contributed by atoms with van der Waals surface area (Å²) in [4.78, 5) is 22.7. The first-order valence-electron chi connectivity index (χ1n) is 11.7. The number of fused-ring (bicyclic) bond motifs is 2. The zero-order valence-electron chi connectivity index (χ0n) is 18.8. The van der Waals surface area contributed by atoms with Crippen molar-refractivity contribution >= 4 is 28.8 Å². The molecule has 5 rings (SSSR count). The number of carbonyl (C=O) groups is 1. The molecule has 3 heterocycles. The van der Waals surface area contributed by atoms with Gasteiger partial charge in [0.15, 0.2) is 0 Å². The molecular formula is C25H32N4O3. The maximum Gasteiger partial charge on any atom is 0.230 e. The van der Waals surface area contributed by atoms with Crippen LogP contribution in [-0.4, -0.2) is 50.9 Å². The predicted octanol–water partition coefficient (Wildman–Crippen LogP) is 3.96. The molecule has 0 unspecified atom stereocenters. The second-order valence-corrected chi connectivity index (χ2v) is 9.03. The number of amides is 1. The van der Waals surface area contributed by atoms with Crippen LogP contribution >= 0.6 is 0 Å². The third kappa shape index (κ3) is 4.32. The van der Waals surface area contributed by atoms with Gasteiger partial charge in [-0.05, 0) is 55.9 Å². The van der Waals surface area contributed by atoms with Crippen molar-refractivity contribution in [1.29, 1.82) is 0 Å². The Morgan fingerprint density at radius 3 is 2.78 bits per heavy atom. The number of nitrogens with zero attached hydrogens (tertiary/aromatic N) is 3. The highest BCUT2D eigenvalue weighted by atomic mass is 16.5. The second kappa shape index (κ2) is 9.46. The Labute approximate surface area is 189 Å². The summed E-state index contributed by atoms with van der Waals surface area (Å²) in [5.41, 5.74) is 4.05. The standard InChI is InChI=1S/C25H32N4O3/c1-31-17-18-4-6-19(7-5-18)25(30)29-16-20-3-2-10-26-24(20)27-22-9-8-21(15-23(22)29)28-11-13-32-14-12-28/h2-3,8-10,15,18-19H,4-7,11-14,16-17H2,1H3,(H,26,27). The molecule has 2 fully saturated rings. The van der Waals surface area contributed by atoms with Crippen LogP contribution in [0.2, 0.25) is 0 Å². The molecular weight excluding hydrogens is 404 g/mol. The summed E-state index contributed by atoms with van der Waals surface area (Å²) >= 11 is 0. The minimum absolute atomic E-state index is 0.0567. The van der Waals surface area contributed by atoms with E-state index in [1.807, 2.05) is 11.0 Å². The molecule has 170 valence electrons. The van der Waals surface area contributed by atoms with Crippen molar-refractivity contribution < 1.29 is 14.3 Å². The number of morpholine rings is 1. The van der Waals surface area contributed by atoms with Crippen LogP contribution in [-0.2, 0) is 20.8 Å². The van der Waals surface area contributed by atoms with Crippen LogP contribution in [0.3, 0.4) is 0 Å². The first-order valence-corrected chi connectivity index (χ1v) is 11.7. The lowest BCUT2D eigenvalue weighted by Gasteiger charge is -2.33. The summed E-state index contributed by atoms with van der Waals surface area (Å²) < 4.78 is 10.9. The Hall–Kier alpha value is -2.64. The summed E-state index contributed by atoms with van der Waals surface area (Å²) in [6, 6.07) is 10.4. The molecule has 32 heavy (non-hydrogen) atoms. The topological polar surface area (TPSA) is 66.9 Å². The van der Waals surface area contributed by atoms with Crippen LogP contribution in [0.5, 0.6) is 0 Å². The minimum Gasteiger partial charge on any atom is -0.384 e. The van der Waals surface area contributed by atoms with Crippen molar-refractivity contribution in [1.82, 2.24) is 4.98 Å². The summed E-state index contributed by atoms with van der Waals surface area (Å²) in [7, 11) is 1.76. The number of pyridine rings is 1. The minimum atomic E-state index is 0.0567. The molecule has 0 radical (unpaired) electrons. The van der Waals surface area contributed by atoms with E-state index >= 15 is 0 Å². The lowest BCUT2D eigenvalue weighted by molar-refractivity contribution is -0.123. The van der Waals surface area contributed by atoms with Crippen LogP contribution in [0.1, 0.15) is 31.2 Å². The maximum absolute atomic E-state index is 13.8. The van der Waals surface area contributed by atoms with Crippen LogP contribution < -0.4 is 15.1 Å². The average Bonchev–Trinajstić information content (AvgIpc) is 3.01. The number of methoxy groups -OCH3 is 1. The molecule has 2 aliphatic heterocycles. The molecule has 1 N–H and O–H groups in total. The van der Waals surface area contributed by atoms with Gasteiger partial charge in [0, 0.05) is 50.2 Å². The highest BCUT2D eigenvalue weighted by Gasteiger charge is 2.33. The van der Waals surface area contributed by atoms with E-state index < -0.39 is 0 Å². The van der Waals surface area contributed by atoms with Crippen LogP contribution in [0.4, 0.5) is 22.9 Å². The molecule has 7 nitrogen and oxygen atoms in total. The van der Waals surface area contributed by atoms with Crippen molar-refractivity contribution in [2.45, 2.75) is 32.2 Å². The number of aromatic nitrogens is 1. The van der Waals surface area contributed by atoms with Crippen LogP contribution in [0, 0.1) is 11.8 Å². The summed E-state index contributed by atoms with van der Waals surface area (Å²) in [5, 5.41) is 3.48. The maximum atomic E-state index is 13.8. The Morgan fingerprint density at radius 1 is 1.19 bits per heavy atom. The van der Waals surface area contributed by atoms with E-state index in [1.165, 1.54) is 0 Å². The number of ether oxygens (including phenoxy) is 2. The van der Waals surface area contributed by atoms with Crippen LogP contribution in [0.15, 0.2) is 36.5 Å². The quantitative estimate of drug-likeness (QED) is 0.783. The largest absolute Gasteiger partial charge is 0.384 e. The van der Waals surface area contributed by atoms with E-state index in [9.17, 15) is 4.79 Å². The van der Waals surface area contributed by atoms with E-state index in [4.69, 9.17) is 9.47 Å². The first-order chi connectivity index (χ1) is 15.7. The van der Waals surface area contributed by atoms with Crippen molar-refractivity contribution in [3.05, 3.63) is 42.1 Å². The summed E-state index contributed by atoms with van der Waals surface area (Å²) in [6.45, 7) is 4.53. The molecule has 2 aromatic rings. The number of hydrogen-bond acceptors (Lipinski definition) is 6. The van der Waals surface area contributed by atoms with Gasteiger partial charge >= 0.3 is 0 Å². The summed E-state index contributed by atoms with van der Waals surface area (Å²) in [5.74, 6) is 1.67. The Balaban J connectivity index is 1.46. The molecule has 3 aliphatic rings. The van der Waals surface area contributed by atoms with Crippen LogP contribution in [0.25, 0.3) is 0 Å². The fourth-order valence-corrected chi connectivity index (χ4v) is 5.16. The van der Waals surface area contributed by atoms with Gasteiger partial charge < -0.3 is 24.6 Å². The molecule has 0 spiro atoms. The number of benzene rings is 1. The van der Waals surface area contributed by atoms with Gasteiger partial charge in [0.25, 0.3) is 0 Å². The average molecular weight is 437 g/mol. The van der Waals surface area contributed by atoms with E-state index in [0.717, 1.165) is 87.0 Å². The van der Waals surface area contributed by atoms with Gasteiger partial charge in [0.1, 0.15) is 5.82 Å². The molecule has 1 saturated carbocycles. The zero-order chi connectivity index (χ0) is 21.9. The molecule has 0 atom stereocenters. The number of carbonyl (C=O) groups excluding carboxylic acids is 1.